The third-order valence-corrected chi connectivity index (χ3v) is 6.53. The van der Waals surface area contributed by atoms with E-state index < -0.39 is 0 Å². The molecule has 0 radical (unpaired) electrons. The van der Waals surface area contributed by atoms with E-state index in [-0.39, 0.29) is 5.78 Å². The van der Waals surface area contributed by atoms with Gasteiger partial charge in [0.15, 0.2) is 11.4 Å². The number of Topliss-reactive ketones (excluding diaryl/α,β-unsaturated/α-hetero) is 1. The Morgan fingerprint density at radius 2 is 1.85 bits per heavy atom. The molecule has 1 fully saturated rings. The van der Waals surface area contributed by atoms with E-state index in [0.29, 0.717) is 12.0 Å². The van der Waals surface area contributed by atoms with Crippen LogP contribution in [-0.2, 0) is 13.0 Å². The third-order valence-electron chi connectivity index (χ3n) is 6.53. The molecule has 0 atom stereocenters. The van der Waals surface area contributed by atoms with Crippen LogP contribution < -0.4 is 0 Å². The molecule has 0 N–H and O–H groups in total. The van der Waals surface area contributed by atoms with Gasteiger partial charge in [0.05, 0.1) is 6.20 Å². The zero-order valence-corrected chi connectivity index (χ0v) is 19.7. The summed E-state index contributed by atoms with van der Waals surface area (Å²) in [6.07, 6.45) is 6.41. The molecule has 2 aromatic heterocycles. The maximum atomic E-state index is 13.1. The smallest absolute Gasteiger partial charge is 0.167 e. The summed E-state index contributed by atoms with van der Waals surface area (Å²) < 4.78 is 1.72. The molecular weight excluding hydrogens is 420 g/mol. The van der Waals surface area contributed by atoms with Gasteiger partial charge in [-0.3, -0.25) is 9.69 Å². The SMILES string of the molecule is Cc1ccc(C(=O)Cc2ccc(CN3CCCC3)c(C)c2)cc1C#Cc1cnc2cccnn12. The highest BCUT2D eigenvalue weighted by atomic mass is 16.1. The van der Waals surface area contributed by atoms with Crippen LogP contribution in [0.2, 0.25) is 0 Å². The standard InChI is InChI=1S/C29H28N4O/c1-21-7-9-25(18-24(21)11-12-27-19-30-29-6-5-13-31-33(27)29)28(34)17-23-8-10-26(22(2)16-23)20-32-14-3-4-15-32/h5-10,13,16,18-19H,3-4,14-15,17,20H2,1-2H3. The molecule has 0 bridgehead atoms. The highest BCUT2D eigenvalue weighted by molar-refractivity contribution is 5.98. The summed E-state index contributed by atoms with van der Waals surface area (Å²) in [6.45, 7) is 7.53. The molecule has 0 aliphatic carbocycles. The summed E-state index contributed by atoms with van der Waals surface area (Å²) in [6, 6.07) is 16.0. The minimum Gasteiger partial charge on any atom is -0.299 e. The van der Waals surface area contributed by atoms with Gasteiger partial charge in [-0.1, -0.05) is 36.3 Å². The molecule has 34 heavy (non-hydrogen) atoms. The molecular formula is C29H28N4O. The fraction of sp³-hybridized carbons (Fsp3) is 0.276. The Morgan fingerprint density at radius 3 is 2.68 bits per heavy atom. The lowest BCUT2D eigenvalue weighted by Gasteiger charge is -2.17. The van der Waals surface area contributed by atoms with Crippen LogP contribution in [0.1, 0.15) is 56.7 Å². The van der Waals surface area contributed by atoms with Crippen LogP contribution in [0.15, 0.2) is 60.9 Å². The van der Waals surface area contributed by atoms with E-state index in [1.54, 1.807) is 16.9 Å². The van der Waals surface area contributed by atoms with Gasteiger partial charge in [0.25, 0.3) is 0 Å². The van der Waals surface area contributed by atoms with Crippen molar-refractivity contribution in [3.8, 4) is 11.8 Å². The van der Waals surface area contributed by atoms with Crippen LogP contribution >= 0.6 is 0 Å². The van der Waals surface area contributed by atoms with Gasteiger partial charge in [0.2, 0.25) is 0 Å². The molecule has 0 saturated carbocycles. The lowest BCUT2D eigenvalue weighted by atomic mass is 9.97. The van der Waals surface area contributed by atoms with Gasteiger partial charge in [-0.25, -0.2) is 9.50 Å². The molecule has 3 heterocycles. The van der Waals surface area contributed by atoms with E-state index >= 15 is 0 Å². The number of hydrogen-bond donors (Lipinski definition) is 0. The van der Waals surface area contributed by atoms with Crippen molar-refractivity contribution < 1.29 is 4.79 Å². The number of carbonyl (C=O) groups excluding carboxylic acids is 1. The van der Waals surface area contributed by atoms with Gasteiger partial charge in [0.1, 0.15) is 5.69 Å². The normalized spacial score (nSPS) is 13.7. The lowest BCUT2D eigenvalue weighted by molar-refractivity contribution is 0.0993. The molecule has 170 valence electrons. The van der Waals surface area contributed by atoms with Crippen LogP contribution in [0, 0.1) is 25.7 Å². The number of likely N-dealkylation sites (tertiary alicyclic amines) is 1. The number of aromatic nitrogens is 3. The molecule has 2 aromatic carbocycles. The van der Waals surface area contributed by atoms with Crippen molar-refractivity contribution in [1.29, 1.82) is 0 Å². The van der Waals surface area contributed by atoms with Crippen LogP contribution in [0.4, 0.5) is 0 Å². The van der Waals surface area contributed by atoms with Crippen molar-refractivity contribution in [3.63, 3.8) is 0 Å². The van der Waals surface area contributed by atoms with Crippen LogP contribution in [-0.4, -0.2) is 38.4 Å². The zero-order valence-electron chi connectivity index (χ0n) is 19.7. The average Bonchev–Trinajstić information content (AvgIpc) is 3.50. The number of fused-ring (bicyclic) bond motifs is 1. The first kappa shape index (κ1) is 22.1. The van der Waals surface area contributed by atoms with E-state index in [9.17, 15) is 4.79 Å². The number of carbonyl (C=O) groups is 1. The fourth-order valence-corrected chi connectivity index (χ4v) is 4.49. The summed E-state index contributed by atoms with van der Waals surface area (Å²) >= 11 is 0. The predicted octanol–water partition coefficient (Wildman–Crippen LogP) is 4.77. The van der Waals surface area contributed by atoms with Crippen LogP contribution in [0.3, 0.4) is 0 Å². The van der Waals surface area contributed by atoms with Crippen molar-refractivity contribution >= 4 is 11.4 Å². The average molecular weight is 449 g/mol. The number of hydrogen-bond acceptors (Lipinski definition) is 4. The quantitative estimate of drug-likeness (QED) is 0.326. The Kier molecular flexibility index (Phi) is 6.24. The fourth-order valence-electron chi connectivity index (χ4n) is 4.49. The maximum absolute atomic E-state index is 13.1. The lowest BCUT2D eigenvalue weighted by Crippen LogP contribution is -2.19. The van der Waals surface area contributed by atoms with Gasteiger partial charge in [0, 0.05) is 30.3 Å². The largest absolute Gasteiger partial charge is 0.299 e. The first-order valence-corrected chi connectivity index (χ1v) is 11.8. The number of ketones is 1. The highest BCUT2D eigenvalue weighted by Crippen LogP contribution is 2.19. The summed E-state index contributed by atoms with van der Waals surface area (Å²) in [4.78, 5) is 19.9. The molecule has 1 aliphatic heterocycles. The van der Waals surface area contributed by atoms with E-state index in [1.807, 2.05) is 37.3 Å². The Bertz CT molecular complexity index is 1420. The third kappa shape index (κ3) is 4.78. The van der Waals surface area contributed by atoms with Gasteiger partial charge < -0.3 is 0 Å². The number of nitrogens with zero attached hydrogens (tertiary/aromatic N) is 4. The first-order chi connectivity index (χ1) is 16.6. The first-order valence-electron chi connectivity index (χ1n) is 11.8. The minimum atomic E-state index is 0.103. The van der Waals surface area contributed by atoms with E-state index in [1.165, 1.54) is 37.1 Å². The van der Waals surface area contributed by atoms with E-state index in [2.05, 4.69) is 51.9 Å². The van der Waals surface area contributed by atoms with Gasteiger partial charge >= 0.3 is 0 Å². The second-order valence-corrected chi connectivity index (χ2v) is 9.06. The molecule has 0 spiro atoms. The molecule has 5 rings (SSSR count). The number of rotatable bonds is 5. The molecule has 1 aliphatic rings. The van der Waals surface area contributed by atoms with Gasteiger partial charge in [-0.2, -0.15) is 5.10 Å². The molecule has 1 saturated heterocycles. The van der Waals surface area contributed by atoms with Crippen LogP contribution in [0.5, 0.6) is 0 Å². The Morgan fingerprint density at radius 1 is 1.00 bits per heavy atom. The number of imidazole rings is 1. The topological polar surface area (TPSA) is 50.5 Å². The molecule has 5 nitrogen and oxygen atoms in total. The second kappa shape index (κ2) is 9.62. The van der Waals surface area contributed by atoms with Crippen molar-refractivity contribution in [1.82, 2.24) is 19.5 Å². The van der Waals surface area contributed by atoms with Crippen molar-refractivity contribution in [2.24, 2.45) is 0 Å². The monoisotopic (exact) mass is 448 g/mol. The van der Waals surface area contributed by atoms with Crippen molar-refractivity contribution in [3.05, 3.63) is 100.0 Å². The van der Waals surface area contributed by atoms with Gasteiger partial charge in [-0.05, 0) is 86.2 Å². The Hall–Kier alpha value is -3.75. The number of aryl methyl sites for hydroxylation is 2. The minimum absolute atomic E-state index is 0.103. The summed E-state index contributed by atoms with van der Waals surface area (Å²) in [5.41, 5.74) is 7.71. The maximum Gasteiger partial charge on any atom is 0.167 e. The summed E-state index contributed by atoms with van der Waals surface area (Å²) in [5.74, 6) is 6.47. The molecule has 0 unspecified atom stereocenters. The Balaban J connectivity index is 1.32. The van der Waals surface area contributed by atoms with Crippen molar-refractivity contribution in [2.45, 2.75) is 39.7 Å². The van der Waals surface area contributed by atoms with Crippen molar-refractivity contribution in [2.75, 3.05) is 13.1 Å². The number of benzene rings is 2. The van der Waals surface area contributed by atoms with Gasteiger partial charge in [-0.15, -0.1) is 0 Å². The molecule has 5 heteroatoms. The Labute approximate surface area is 200 Å². The molecule has 0 amide bonds. The summed E-state index contributed by atoms with van der Waals surface area (Å²) in [5, 5.41) is 4.31. The highest BCUT2D eigenvalue weighted by Gasteiger charge is 2.14. The van der Waals surface area contributed by atoms with E-state index in [0.717, 1.165) is 34.6 Å². The summed E-state index contributed by atoms with van der Waals surface area (Å²) in [7, 11) is 0. The second-order valence-electron chi connectivity index (χ2n) is 9.06. The van der Waals surface area contributed by atoms with Crippen LogP contribution in [0.25, 0.3) is 5.65 Å². The predicted molar refractivity (Wildman–Crippen MR) is 134 cm³/mol. The van der Waals surface area contributed by atoms with E-state index in [4.69, 9.17) is 0 Å². The molecule has 4 aromatic rings. The zero-order chi connectivity index (χ0) is 23.5.